The van der Waals surface area contributed by atoms with E-state index in [1.54, 1.807) is 4.90 Å². The van der Waals surface area contributed by atoms with E-state index < -0.39 is 0 Å². The fourth-order valence-electron chi connectivity index (χ4n) is 3.09. The second-order valence-corrected chi connectivity index (χ2v) is 6.61. The lowest BCUT2D eigenvalue weighted by Crippen LogP contribution is -2.50. The second-order valence-electron chi connectivity index (χ2n) is 5.67. The Morgan fingerprint density at radius 3 is 2.81 bits per heavy atom. The highest BCUT2D eigenvalue weighted by Gasteiger charge is 2.35. The smallest absolute Gasteiger partial charge is 0.264 e. The molecule has 1 aromatic rings. The third kappa shape index (κ3) is 3.27. The van der Waals surface area contributed by atoms with Crippen molar-refractivity contribution in [2.24, 2.45) is 0 Å². The van der Waals surface area contributed by atoms with Crippen LogP contribution in [0.25, 0.3) is 0 Å². The van der Waals surface area contributed by atoms with Crippen LogP contribution in [0, 0.1) is 0 Å². The summed E-state index contributed by atoms with van der Waals surface area (Å²) in [6.45, 7) is 2.59. The van der Waals surface area contributed by atoms with Gasteiger partial charge in [0.1, 0.15) is 6.04 Å². The fraction of sp³-hybridized carbons (Fsp3) is 0.600. The first-order valence-electron chi connectivity index (χ1n) is 7.61. The predicted molar refractivity (Wildman–Crippen MR) is 82.4 cm³/mol. The van der Waals surface area contributed by atoms with E-state index >= 15 is 0 Å². The number of carbonyl (C=O) groups is 2. The third-order valence-corrected chi connectivity index (χ3v) is 5.09. The van der Waals surface area contributed by atoms with Crippen molar-refractivity contribution < 1.29 is 9.59 Å². The van der Waals surface area contributed by atoms with Gasteiger partial charge in [-0.2, -0.15) is 0 Å². The number of likely N-dealkylation sites (tertiary alicyclic amines) is 1. The molecule has 0 aromatic carbocycles. The van der Waals surface area contributed by atoms with Crippen LogP contribution in [0.3, 0.4) is 0 Å². The lowest BCUT2D eigenvalue weighted by Gasteiger charge is -2.28. The first-order chi connectivity index (χ1) is 10.3. The first kappa shape index (κ1) is 14.5. The minimum absolute atomic E-state index is 0.00652. The number of nitrogens with one attached hydrogen (secondary N) is 2. The van der Waals surface area contributed by atoms with Crippen LogP contribution in [0.5, 0.6) is 0 Å². The molecule has 2 amide bonds. The van der Waals surface area contributed by atoms with E-state index in [-0.39, 0.29) is 23.9 Å². The van der Waals surface area contributed by atoms with E-state index in [2.05, 4.69) is 10.6 Å². The van der Waals surface area contributed by atoms with Crippen LogP contribution >= 0.6 is 11.3 Å². The summed E-state index contributed by atoms with van der Waals surface area (Å²) in [7, 11) is 0. The van der Waals surface area contributed by atoms with E-state index in [0.29, 0.717) is 6.54 Å². The number of thiophene rings is 1. The summed E-state index contributed by atoms with van der Waals surface area (Å²) >= 11 is 1.44. The Bertz CT molecular complexity index is 497. The zero-order valence-corrected chi connectivity index (χ0v) is 12.8. The molecule has 3 rings (SSSR count). The molecule has 1 aromatic heterocycles. The second kappa shape index (κ2) is 6.58. The van der Waals surface area contributed by atoms with Gasteiger partial charge in [0.2, 0.25) is 5.91 Å². The van der Waals surface area contributed by atoms with Gasteiger partial charge >= 0.3 is 0 Å². The number of amides is 2. The average molecular weight is 307 g/mol. The van der Waals surface area contributed by atoms with E-state index in [9.17, 15) is 9.59 Å². The molecule has 0 bridgehead atoms. The molecule has 2 N–H and O–H groups in total. The van der Waals surface area contributed by atoms with E-state index in [1.165, 1.54) is 11.3 Å². The summed E-state index contributed by atoms with van der Waals surface area (Å²) in [6.07, 6.45) is 3.62. The van der Waals surface area contributed by atoms with E-state index in [4.69, 9.17) is 0 Å². The van der Waals surface area contributed by atoms with Crippen molar-refractivity contribution in [2.45, 2.75) is 37.8 Å². The van der Waals surface area contributed by atoms with Crippen LogP contribution in [0.15, 0.2) is 17.5 Å². The normalized spacial score (nSPS) is 23.2. The maximum absolute atomic E-state index is 12.5. The Morgan fingerprint density at radius 2 is 2.10 bits per heavy atom. The molecule has 2 fully saturated rings. The zero-order chi connectivity index (χ0) is 14.7. The summed E-state index contributed by atoms with van der Waals surface area (Å²) in [5.41, 5.74) is 0. The molecule has 6 heteroatoms. The number of rotatable bonds is 3. The van der Waals surface area contributed by atoms with Crippen molar-refractivity contribution in [3.8, 4) is 0 Å². The fourth-order valence-corrected chi connectivity index (χ4v) is 3.77. The van der Waals surface area contributed by atoms with Gasteiger partial charge in [0.05, 0.1) is 4.88 Å². The number of hydrogen-bond donors (Lipinski definition) is 2. The summed E-state index contributed by atoms with van der Waals surface area (Å²) < 4.78 is 0. The van der Waals surface area contributed by atoms with Crippen molar-refractivity contribution in [1.82, 2.24) is 15.5 Å². The Kier molecular flexibility index (Phi) is 4.55. The molecule has 21 heavy (non-hydrogen) atoms. The molecule has 2 aliphatic heterocycles. The van der Waals surface area contributed by atoms with Gasteiger partial charge in [-0.05, 0) is 50.2 Å². The third-order valence-electron chi connectivity index (χ3n) is 4.23. The number of hydrogen-bond acceptors (Lipinski definition) is 4. The minimum atomic E-state index is -0.297. The van der Waals surface area contributed by atoms with Crippen LogP contribution in [-0.4, -0.2) is 48.4 Å². The number of piperidine rings is 1. The molecular formula is C15H21N3O2S. The van der Waals surface area contributed by atoms with Gasteiger partial charge in [-0.25, -0.2) is 0 Å². The molecule has 0 aliphatic carbocycles. The first-order valence-corrected chi connectivity index (χ1v) is 8.49. The van der Waals surface area contributed by atoms with Crippen molar-refractivity contribution in [2.75, 3.05) is 19.6 Å². The minimum Gasteiger partial charge on any atom is -0.351 e. The Labute approximate surface area is 128 Å². The molecule has 2 saturated heterocycles. The lowest BCUT2D eigenvalue weighted by atomic mass is 10.1. The zero-order valence-electron chi connectivity index (χ0n) is 12.0. The van der Waals surface area contributed by atoms with Crippen LogP contribution < -0.4 is 10.6 Å². The SMILES string of the molecule is O=C(NC1CCNCC1)C1CCCN1C(=O)c1cccs1. The molecular weight excluding hydrogens is 286 g/mol. The number of carbonyl (C=O) groups excluding carboxylic acids is 2. The monoisotopic (exact) mass is 307 g/mol. The Hall–Kier alpha value is -1.40. The van der Waals surface area contributed by atoms with Gasteiger partial charge < -0.3 is 15.5 Å². The average Bonchev–Trinajstić information content (AvgIpc) is 3.19. The molecule has 5 nitrogen and oxygen atoms in total. The molecule has 2 aliphatic rings. The Morgan fingerprint density at radius 1 is 1.29 bits per heavy atom. The summed E-state index contributed by atoms with van der Waals surface area (Å²) in [5.74, 6) is 0.0114. The highest BCUT2D eigenvalue weighted by atomic mass is 32.1. The van der Waals surface area contributed by atoms with Gasteiger partial charge in [-0.1, -0.05) is 6.07 Å². The van der Waals surface area contributed by atoms with Crippen LogP contribution in [-0.2, 0) is 4.79 Å². The lowest BCUT2D eigenvalue weighted by molar-refractivity contribution is -0.125. The van der Waals surface area contributed by atoms with Crippen molar-refractivity contribution in [3.63, 3.8) is 0 Å². The largest absolute Gasteiger partial charge is 0.351 e. The van der Waals surface area contributed by atoms with Crippen molar-refractivity contribution >= 4 is 23.2 Å². The van der Waals surface area contributed by atoms with Gasteiger partial charge in [-0.15, -0.1) is 11.3 Å². The van der Waals surface area contributed by atoms with E-state index in [0.717, 1.165) is 43.6 Å². The maximum atomic E-state index is 12.5. The Balaban J connectivity index is 1.63. The molecule has 114 valence electrons. The highest BCUT2D eigenvalue weighted by Crippen LogP contribution is 2.22. The molecule has 0 spiro atoms. The molecule has 1 unspecified atom stereocenters. The molecule has 0 radical (unpaired) electrons. The van der Waals surface area contributed by atoms with Gasteiger partial charge in [0, 0.05) is 12.6 Å². The summed E-state index contributed by atoms with van der Waals surface area (Å²) in [4.78, 5) is 27.4. The van der Waals surface area contributed by atoms with Gasteiger partial charge in [-0.3, -0.25) is 9.59 Å². The number of nitrogens with zero attached hydrogens (tertiary/aromatic N) is 1. The molecule has 0 saturated carbocycles. The van der Waals surface area contributed by atoms with Gasteiger partial charge in [0.25, 0.3) is 5.91 Å². The summed E-state index contributed by atoms with van der Waals surface area (Å²) in [5, 5.41) is 8.31. The highest BCUT2D eigenvalue weighted by molar-refractivity contribution is 7.12. The maximum Gasteiger partial charge on any atom is 0.264 e. The van der Waals surface area contributed by atoms with Crippen LogP contribution in [0.2, 0.25) is 0 Å². The molecule has 3 heterocycles. The van der Waals surface area contributed by atoms with Crippen LogP contribution in [0.1, 0.15) is 35.4 Å². The van der Waals surface area contributed by atoms with E-state index in [1.807, 2.05) is 17.5 Å². The predicted octanol–water partition coefficient (Wildman–Crippen LogP) is 1.22. The van der Waals surface area contributed by atoms with Gasteiger partial charge in [0.15, 0.2) is 0 Å². The molecule has 1 atom stereocenters. The topological polar surface area (TPSA) is 61.4 Å². The van der Waals surface area contributed by atoms with Crippen molar-refractivity contribution in [3.05, 3.63) is 22.4 Å². The quantitative estimate of drug-likeness (QED) is 0.883. The summed E-state index contributed by atoms with van der Waals surface area (Å²) in [6, 6.07) is 3.65. The standard InChI is InChI=1S/C15H21N3O2S/c19-14(17-11-5-7-16-8-6-11)12-3-1-9-18(12)15(20)13-4-2-10-21-13/h2,4,10-12,16H,1,3,5-9H2,(H,17,19). The van der Waals surface area contributed by atoms with Crippen LogP contribution in [0.4, 0.5) is 0 Å². The van der Waals surface area contributed by atoms with Crippen molar-refractivity contribution in [1.29, 1.82) is 0 Å².